The summed E-state index contributed by atoms with van der Waals surface area (Å²) in [5.41, 5.74) is 13.8. The average molecular weight is 299 g/mol. The molecule has 0 aliphatic heterocycles. The third kappa shape index (κ3) is 5.88. The standard InChI is InChI=1S/C12H21N5O4/c13-7-2-1-4-9(11(18)19)15-12(20)21-10-6-3-5-8(10)16-17-14/h8-10H,1-7,13H2,(H,15,20)(H,18,19)/t8-,9?,10-/m1/s1. The van der Waals surface area contributed by atoms with Gasteiger partial charge >= 0.3 is 12.1 Å². The molecule has 3 atom stereocenters. The van der Waals surface area contributed by atoms with Crippen molar-refractivity contribution in [3.05, 3.63) is 10.4 Å². The van der Waals surface area contributed by atoms with Crippen LogP contribution in [0.5, 0.6) is 0 Å². The van der Waals surface area contributed by atoms with Gasteiger partial charge in [-0.05, 0) is 50.6 Å². The summed E-state index contributed by atoms with van der Waals surface area (Å²) in [4.78, 5) is 25.5. The second-order valence-corrected chi connectivity index (χ2v) is 4.97. The summed E-state index contributed by atoms with van der Waals surface area (Å²) in [6.45, 7) is 0.479. The van der Waals surface area contributed by atoms with Gasteiger partial charge < -0.3 is 20.9 Å². The number of nitrogens with one attached hydrogen (secondary N) is 1. The maximum absolute atomic E-state index is 11.7. The SMILES string of the molecule is [N-]=[N+]=N[C@@H]1CCC[C@H]1OC(=O)NC(CCCCN)C(=O)O. The number of azide groups is 1. The first kappa shape index (κ1) is 17.1. The highest BCUT2D eigenvalue weighted by molar-refractivity contribution is 5.79. The Balaban J connectivity index is 2.45. The number of amides is 1. The fourth-order valence-corrected chi connectivity index (χ4v) is 2.31. The molecule has 1 saturated carbocycles. The van der Waals surface area contributed by atoms with Crippen LogP contribution in [0.1, 0.15) is 38.5 Å². The van der Waals surface area contributed by atoms with Crippen LogP contribution in [-0.2, 0) is 9.53 Å². The van der Waals surface area contributed by atoms with Crippen molar-refractivity contribution in [2.45, 2.75) is 56.7 Å². The zero-order chi connectivity index (χ0) is 15.7. The van der Waals surface area contributed by atoms with Gasteiger partial charge in [-0.2, -0.15) is 0 Å². The Bertz CT molecular complexity index is 410. The average Bonchev–Trinajstić information content (AvgIpc) is 2.85. The first-order valence-corrected chi connectivity index (χ1v) is 7.02. The van der Waals surface area contributed by atoms with Gasteiger partial charge in [-0.25, -0.2) is 9.59 Å². The number of ether oxygens (including phenoxy) is 1. The molecule has 0 aromatic carbocycles. The Morgan fingerprint density at radius 2 is 2.24 bits per heavy atom. The van der Waals surface area contributed by atoms with Crippen molar-refractivity contribution in [2.24, 2.45) is 10.8 Å². The first-order valence-electron chi connectivity index (χ1n) is 7.02. The molecular formula is C12H21N5O4. The number of hydrogen-bond donors (Lipinski definition) is 3. The molecule has 0 aromatic heterocycles. The minimum atomic E-state index is -1.11. The van der Waals surface area contributed by atoms with Crippen LogP contribution in [0.4, 0.5) is 4.79 Å². The van der Waals surface area contributed by atoms with E-state index in [9.17, 15) is 9.59 Å². The summed E-state index contributed by atoms with van der Waals surface area (Å²) >= 11 is 0. The van der Waals surface area contributed by atoms with Crippen LogP contribution >= 0.6 is 0 Å². The smallest absolute Gasteiger partial charge is 0.408 e. The molecule has 1 aliphatic carbocycles. The summed E-state index contributed by atoms with van der Waals surface area (Å²) in [7, 11) is 0. The van der Waals surface area contributed by atoms with Gasteiger partial charge in [-0.3, -0.25) is 0 Å². The van der Waals surface area contributed by atoms with Gasteiger partial charge in [-0.1, -0.05) is 5.11 Å². The van der Waals surface area contributed by atoms with Gasteiger partial charge in [0.25, 0.3) is 0 Å². The van der Waals surface area contributed by atoms with E-state index in [0.29, 0.717) is 38.6 Å². The number of carbonyl (C=O) groups excluding carboxylic acids is 1. The number of carbonyl (C=O) groups is 2. The van der Waals surface area contributed by atoms with Crippen LogP contribution < -0.4 is 11.1 Å². The Hall–Kier alpha value is -1.99. The molecule has 1 fully saturated rings. The minimum absolute atomic E-state index is 0.298. The van der Waals surface area contributed by atoms with E-state index < -0.39 is 24.2 Å². The summed E-state index contributed by atoms with van der Waals surface area (Å²) in [5, 5.41) is 15.0. The van der Waals surface area contributed by atoms with Gasteiger partial charge in [0.2, 0.25) is 0 Å². The number of alkyl carbamates (subject to hydrolysis) is 1. The number of unbranched alkanes of at least 4 members (excludes halogenated alkanes) is 1. The third-order valence-electron chi connectivity index (χ3n) is 3.41. The van der Waals surface area contributed by atoms with E-state index in [-0.39, 0.29) is 6.04 Å². The van der Waals surface area contributed by atoms with Crippen molar-refractivity contribution in [1.82, 2.24) is 5.32 Å². The van der Waals surface area contributed by atoms with E-state index in [2.05, 4.69) is 15.3 Å². The summed E-state index contributed by atoms with van der Waals surface area (Å²) in [6, 6.07) is -1.37. The molecule has 0 radical (unpaired) electrons. The van der Waals surface area contributed by atoms with Crippen LogP contribution in [0.15, 0.2) is 5.11 Å². The van der Waals surface area contributed by atoms with Crippen molar-refractivity contribution >= 4 is 12.1 Å². The molecule has 21 heavy (non-hydrogen) atoms. The van der Waals surface area contributed by atoms with Gasteiger partial charge in [0.1, 0.15) is 12.1 Å². The topological polar surface area (TPSA) is 150 Å². The Kier molecular flexibility index (Phi) is 7.34. The predicted octanol–water partition coefficient (Wildman–Crippen LogP) is 1.53. The van der Waals surface area contributed by atoms with E-state index in [1.807, 2.05) is 0 Å². The Labute approximate surface area is 122 Å². The van der Waals surface area contributed by atoms with E-state index in [4.69, 9.17) is 21.1 Å². The van der Waals surface area contributed by atoms with E-state index in [0.717, 1.165) is 6.42 Å². The number of carboxylic acid groups (broad SMARTS) is 1. The summed E-state index contributed by atoms with van der Waals surface area (Å²) < 4.78 is 5.16. The molecule has 1 aliphatic rings. The van der Waals surface area contributed by atoms with Crippen molar-refractivity contribution in [3.63, 3.8) is 0 Å². The lowest BCUT2D eigenvalue weighted by Gasteiger charge is -2.19. The lowest BCUT2D eigenvalue weighted by molar-refractivity contribution is -0.139. The molecule has 1 unspecified atom stereocenters. The predicted molar refractivity (Wildman–Crippen MR) is 74.5 cm³/mol. The molecule has 0 heterocycles. The number of carboxylic acids is 1. The highest BCUT2D eigenvalue weighted by Gasteiger charge is 2.30. The maximum Gasteiger partial charge on any atom is 0.408 e. The van der Waals surface area contributed by atoms with E-state index in [1.165, 1.54) is 0 Å². The van der Waals surface area contributed by atoms with Crippen LogP contribution in [-0.4, -0.2) is 41.9 Å². The van der Waals surface area contributed by atoms with Crippen LogP contribution in [0, 0.1) is 0 Å². The number of nitrogens with two attached hydrogens (primary N) is 1. The molecule has 1 rings (SSSR count). The molecule has 0 bridgehead atoms. The Morgan fingerprint density at radius 3 is 2.86 bits per heavy atom. The number of nitrogens with zero attached hydrogens (tertiary/aromatic N) is 3. The lowest BCUT2D eigenvalue weighted by Crippen LogP contribution is -2.43. The molecule has 9 nitrogen and oxygen atoms in total. The third-order valence-corrected chi connectivity index (χ3v) is 3.41. The number of aliphatic carboxylic acids is 1. The van der Waals surface area contributed by atoms with Crippen molar-refractivity contribution in [3.8, 4) is 0 Å². The summed E-state index contributed by atoms with van der Waals surface area (Å²) in [5.74, 6) is -1.11. The summed E-state index contributed by atoms with van der Waals surface area (Å²) in [6.07, 6.45) is 2.41. The molecule has 4 N–H and O–H groups in total. The van der Waals surface area contributed by atoms with Crippen molar-refractivity contribution < 1.29 is 19.4 Å². The second kappa shape index (κ2) is 9.04. The molecule has 9 heteroatoms. The van der Waals surface area contributed by atoms with Gasteiger partial charge in [0.05, 0.1) is 6.04 Å². The van der Waals surface area contributed by atoms with Gasteiger partial charge in [-0.15, -0.1) is 0 Å². The molecule has 1 amide bonds. The van der Waals surface area contributed by atoms with Crippen LogP contribution in [0.25, 0.3) is 10.4 Å². The molecule has 0 spiro atoms. The maximum atomic E-state index is 11.7. The normalized spacial score (nSPS) is 22.1. The van der Waals surface area contributed by atoms with Gasteiger partial charge in [0, 0.05) is 4.91 Å². The highest BCUT2D eigenvalue weighted by atomic mass is 16.6. The molecule has 0 aromatic rings. The van der Waals surface area contributed by atoms with E-state index in [1.54, 1.807) is 0 Å². The minimum Gasteiger partial charge on any atom is -0.480 e. The first-order chi connectivity index (χ1) is 10.1. The lowest BCUT2D eigenvalue weighted by atomic mass is 10.1. The fourth-order valence-electron chi connectivity index (χ4n) is 2.31. The molecule has 0 saturated heterocycles. The second-order valence-electron chi connectivity index (χ2n) is 4.97. The fraction of sp³-hybridized carbons (Fsp3) is 0.833. The quantitative estimate of drug-likeness (QED) is 0.268. The Morgan fingerprint density at radius 1 is 1.48 bits per heavy atom. The zero-order valence-electron chi connectivity index (χ0n) is 11.8. The number of hydrogen-bond acceptors (Lipinski definition) is 5. The zero-order valence-corrected chi connectivity index (χ0v) is 11.8. The monoisotopic (exact) mass is 299 g/mol. The molecule has 118 valence electrons. The van der Waals surface area contributed by atoms with E-state index >= 15 is 0 Å². The van der Waals surface area contributed by atoms with Gasteiger partial charge in [0.15, 0.2) is 0 Å². The highest BCUT2D eigenvalue weighted by Crippen LogP contribution is 2.25. The van der Waals surface area contributed by atoms with Crippen LogP contribution in [0.3, 0.4) is 0 Å². The largest absolute Gasteiger partial charge is 0.480 e. The molecular weight excluding hydrogens is 278 g/mol. The van der Waals surface area contributed by atoms with Crippen molar-refractivity contribution in [1.29, 1.82) is 0 Å². The van der Waals surface area contributed by atoms with Crippen molar-refractivity contribution in [2.75, 3.05) is 6.54 Å². The number of rotatable bonds is 8. The van der Waals surface area contributed by atoms with Crippen LogP contribution in [0.2, 0.25) is 0 Å².